The Bertz CT molecular complexity index is 533. The molecule has 0 aliphatic carbocycles. The second kappa shape index (κ2) is 14.8. The summed E-state index contributed by atoms with van der Waals surface area (Å²) < 4.78 is 12.8. The summed E-state index contributed by atoms with van der Waals surface area (Å²) in [6, 6.07) is 5.98. The van der Waals surface area contributed by atoms with Crippen LogP contribution in [0.25, 0.3) is 0 Å². The number of halogens is 2. The number of amides is 1. The molecule has 0 aromatic heterocycles. The Kier molecular flexibility index (Phi) is 14.0. The monoisotopic (exact) mass is 478 g/mol. The van der Waals surface area contributed by atoms with E-state index in [2.05, 4.69) is 34.8 Å². The molecule has 0 aliphatic heterocycles. The standard InChI is InChI=1S/C19H31FN4O.HI/c1-4-15(5-2)14-24-19(21-6-3)23-12-11-22-18(25)13-16-7-9-17(20)10-8-16;/h7-10,15H,4-6,11-14H2,1-3H3,(H,22,25)(H2,21,23,24);1H. The van der Waals surface area contributed by atoms with Crippen LogP contribution in [-0.4, -0.2) is 38.0 Å². The third-order valence-corrected chi connectivity index (χ3v) is 4.02. The lowest BCUT2D eigenvalue weighted by Crippen LogP contribution is -2.42. The van der Waals surface area contributed by atoms with Gasteiger partial charge in [-0.2, -0.15) is 0 Å². The minimum absolute atomic E-state index is 0. The molecule has 0 heterocycles. The van der Waals surface area contributed by atoms with Crippen LogP contribution >= 0.6 is 24.0 Å². The highest BCUT2D eigenvalue weighted by atomic mass is 127. The molecule has 1 aromatic rings. The fourth-order valence-electron chi connectivity index (χ4n) is 2.34. The van der Waals surface area contributed by atoms with Gasteiger partial charge >= 0.3 is 0 Å². The largest absolute Gasteiger partial charge is 0.357 e. The molecule has 1 amide bonds. The summed E-state index contributed by atoms with van der Waals surface area (Å²) in [5.41, 5.74) is 0.798. The van der Waals surface area contributed by atoms with Gasteiger partial charge in [0.05, 0.1) is 6.42 Å². The number of rotatable bonds is 10. The predicted octanol–water partition coefficient (Wildman–Crippen LogP) is 3.09. The van der Waals surface area contributed by atoms with Gasteiger partial charge in [-0.1, -0.05) is 38.8 Å². The molecule has 7 heteroatoms. The first kappa shape index (κ1) is 24.6. The summed E-state index contributed by atoms with van der Waals surface area (Å²) in [6.45, 7) is 9.10. The van der Waals surface area contributed by atoms with Gasteiger partial charge in [0.1, 0.15) is 5.82 Å². The molecule has 0 atom stereocenters. The van der Waals surface area contributed by atoms with E-state index in [1.165, 1.54) is 12.1 Å². The van der Waals surface area contributed by atoms with Gasteiger partial charge in [-0.15, -0.1) is 24.0 Å². The van der Waals surface area contributed by atoms with E-state index in [1.54, 1.807) is 12.1 Å². The molecule has 0 radical (unpaired) electrons. The molecule has 148 valence electrons. The van der Waals surface area contributed by atoms with Crippen LogP contribution in [0.3, 0.4) is 0 Å². The first-order chi connectivity index (χ1) is 12.1. The number of hydrogen-bond donors (Lipinski definition) is 3. The number of hydrogen-bond acceptors (Lipinski definition) is 2. The van der Waals surface area contributed by atoms with E-state index in [0.29, 0.717) is 19.0 Å². The summed E-state index contributed by atoms with van der Waals surface area (Å²) in [6.07, 6.45) is 2.50. The van der Waals surface area contributed by atoms with E-state index >= 15 is 0 Å². The van der Waals surface area contributed by atoms with Crippen LogP contribution in [0.4, 0.5) is 4.39 Å². The molecule has 26 heavy (non-hydrogen) atoms. The minimum Gasteiger partial charge on any atom is -0.357 e. The van der Waals surface area contributed by atoms with Crippen molar-refractivity contribution in [3.05, 3.63) is 35.6 Å². The van der Waals surface area contributed by atoms with Gasteiger partial charge in [0, 0.05) is 26.2 Å². The van der Waals surface area contributed by atoms with Crippen molar-refractivity contribution in [2.75, 3.05) is 26.2 Å². The first-order valence-corrected chi connectivity index (χ1v) is 9.12. The molecular weight excluding hydrogens is 446 g/mol. The molecule has 0 aliphatic rings. The minimum atomic E-state index is -0.294. The molecule has 0 saturated carbocycles. The predicted molar refractivity (Wildman–Crippen MR) is 117 cm³/mol. The van der Waals surface area contributed by atoms with Crippen molar-refractivity contribution in [1.29, 1.82) is 0 Å². The van der Waals surface area contributed by atoms with Gasteiger partial charge in [-0.25, -0.2) is 4.39 Å². The van der Waals surface area contributed by atoms with Crippen molar-refractivity contribution >= 4 is 35.8 Å². The Labute approximate surface area is 173 Å². The maximum absolute atomic E-state index is 12.8. The van der Waals surface area contributed by atoms with E-state index in [-0.39, 0.29) is 42.1 Å². The second-order valence-electron chi connectivity index (χ2n) is 5.98. The summed E-state index contributed by atoms with van der Waals surface area (Å²) in [5.74, 6) is 1.01. The summed E-state index contributed by atoms with van der Waals surface area (Å²) >= 11 is 0. The number of guanidine groups is 1. The van der Waals surface area contributed by atoms with Crippen LogP contribution in [0.5, 0.6) is 0 Å². The zero-order valence-corrected chi connectivity index (χ0v) is 18.3. The number of carbonyl (C=O) groups excluding carboxylic acids is 1. The molecule has 3 N–H and O–H groups in total. The lowest BCUT2D eigenvalue weighted by molar-refractivity contribution is -0.120. The molecule has 0 bridgehead atoms. The summed E-state index contributed by atoms with van der Waals surface area (Å²) in [4.78, 5) is 16.5. The fraction of sp³-hybridized carbons (Fsp3) is 0.579. The Balaban J connectivity index is 0.00000625. The fourth-order valence-corrected chi connectivity index (χ4v) is 2.34. The maximum Gasteiger partial charge on any atom is 0.224 e. The SMILES string of the molecule is CCNC(=NCC(CC)CC)NCCNC(=O)Cc1ccc(F)cc1.I. The molecule has 0 saturated heterocycles. The van der Waals surface area contributed by atoms with Gasteiger partial charge in [-0.05, 0) is 30.5 Å². The average molecular weight is 478 g/mol. The van der Waals surface area contributed by atoms with Gasteiger partial charge in [0.25, 0.3) is 0 Å². The smallest absolute Gasteiger partial charge is 0.224 e. The van der Waals surface area contributed by atoms with Gasteiger partial charge in [0.15, 0.2) is 5.96 Å². The van der Waals surface area contributed by atoms with E-state index in [1.807, 2.05) is 6.92 Å². The normalized spacial score (nSPS) is 11.0. The van der Waals surface area contributed by atoms with Crippen LogP contribution in [0.2, 0.25) is 0 Å². The average Bonchev–Trinajstić information content (AvgIpc) is 2.61. The topological polar surface area (TPSA) is 65.5 Å². The second-order valence-corrected chi connectivity index (χ2v) is 5.98. The summed E-state index contributed by atoms with van der Waals surface area (Å²) in [7, 11) is 0. The zero-order valence-electron chi connectivity index (χ0n) is 16.0. The molecule has 0 spiro atoms. The lowest BCUT2D eigenvalue weighted by Gasteiger charge is -2.14. The van der Waals surface area contributed by atoms with Gasteiger partial charge < -0.3 is 16.0 Å². The number of aliphatic imine (C=N–C) groups is 1. The molecule has 1 rings (SSSR count). The zero-order chi connectivity index (χ0) is 18.5. The molecule has 5 nitrogen and oxygen atoms in total. The summed E-state index contributed by atoms with van der Waals surface area (Å²) in [5, 5.41) is 9.29. The van der Waals surface area contributed by atoms with Crippen molar-refractivity contribution in [1.82, 2.24) is 16.0 Å². The van der Waals surface area contributed by atoms with Crippen LogP contribution < -0.4 is 16.0 Å². The van der Waals surface area contributed by atoms with Crippen molar-refractivity contribution < 1.29 is 9.18 Å². The highest BCUT2D eigenvalue weighted by molar-refractivity contribution is 14.0. The third-order valence-electron chi connectivity index (χ3n) is 4.02. The Morgan fingerprint density at radius 2 is 1.65 bits per heavy atom. The quantitative estimate of drug-likeness (QED) is 0.210. The Hall–Kier alpha value is -1.38. The lowest BCUT2D eigenvalue weighted by atomic mass is 10.0. The Morgan fingerprint density at radius 1 is 1.04 bits per heavy atom. The maximum atomic E-state index is 12.8. The van der Waals surface area contributed by atoms with Crippen LogP contribution in [-0.2, 0) is 11.2 Å². The first-order valence-electron chi connectivity index (χ1n) is 9.12. The molecule has 0 unspecified atom stereocenters. The van der Waals surface area contributed by atoms with E-state index in [0.717, 1.165) is 37.5 Å². The van der Waals surface area contributed by atoms with Gasteiger partial charge in [-0.3, -0.25) is 9.79 Å². The Morgan fingerprint density at radius 3 is 2.23 bits per heavy atom. The van der Waals surface area contributed by atoms with Crippen molar-refractivity contribution in [3.63, 3.8) is 0 Å². The number of benzene rings is 1. The van der Waals surface area contributed by atoms with Crippen molar-refractivity contribution in [2.45, 2.75) is 40.0 Å². The molecule has 1 aromatic carbocycles. The van der Waals surface area contributed by atoms with E-state index < -0.39 is 0 Å². The van der Waals surface area contributed by atoms with Crippen molar-refractivity contribution in [2.24, 2.45) is 10.9 Å². The number of nitrogens with zero attached hydrogens (tertiary/aromatic N) is 1. The van der Waals surface area contributed by atoms with Crippen LogP contribution in [0.15, 0.2) is 29.3 Å². The third kappa shape index (κ3) is 10.6. The number of nitrogens with one attached hydrogen (secondary N) is 3. The molecule has 0 fully saturated rings. The highest BCUT2D eigenvalue weighted by Gasteiger charge is 2.05. The van der Waals surface area contributed by atoms with Crippen LogP contribution in [0.1, 0.15) is 39.2 Å². The molecular formula is C19H32FIN4O. The van der Waals surface area contributed by atoms with Crippen LogP contribution in [0, 0.1) is 11.7 Å². The highest BCUT2D eigenvalue weighted by Crippen LogP contribution is 2.07. The van der Waals surface area contributed by atoms with Crippen molar-refractivity contribution in [3.8, 4) is 0 Å². The van der Waals surface area contributed by atoms with E-state index in [4.69, 9.17) is 0 Å². The van der Waals surface area contributed by atoms with Gasteiger partial charge in [0.2, 0.25) is 5.91 Å². The van der Waals surface area contributed by atoms with E-state index in [9.17, 15) is 9.18 Å². The number of carbonyl (C=O) groups is 1.